The Hall–Kier alpha value is -1.97. The van der Waals surface area contributed by atoms with E-state index in [9.17, 15) is 26.7 Å². The average molecular weight is 314 g/mol. The lowest BCUT2D eigenvalue weighted by atomic mass is 10.1. The normalized spacial score (nSPS) is 11.6. The second kappa shape index (κ2) is 6.66. The summed E-state index contributed by atoms with van der Waals surface area (Å²) in [6.07, 6.45) is -7.83. The van der Waals surface area contributed by atoms with Gasteiger partial charge >= 0.3 is 12.3 Å². The van der Waals surface area contributed by atoms with Gasteiger partial charge in [0.25, 0.3) is 6.43 Å². The number of hydrogen-bond acceptors (Lipinski definition) is 5. The van der Waals surface area contributed by atoms with Crippen LogP contribution in [0.15, 0.2) is 6.20 Å². The van der Waals surface area contributed by atoms with Crippen LogP contribution in [-0.4, -0.2) is 23.9 Å². The molecule has 0 aromatic carbocycles. The van der Waals surface area contributed by atoms with Crippen LogP contribution >= 0.6 is 0 Å². The number of nitrogens with two attached hydrogens (primary N) is 1. The number of rotatable bonds is 5. The van der Waals surface area contributed by atoms with Gasteiger partial charge in [0.1, 0.15) is 0 Å². The summed E-state index contributed by atoms with van der Waals surface area (Å²) in [5.41, 5.74) is 2.70. The summed E-state index contributed by atoms with van der Waals surface area (Å²) in [6.45, 7) is 0.725. The van der Waals surface area contributed by atoms with Crippen molar-refractivity contribution in [1.82, 2.24) is 4.98 Å². The second-order valence-electron chi connectivity index (χ2n) is 3.65. The van der Waals surface area contributed by atoms with Crippen LogP contribution in [0.3, 0.4) is 0 Å². The fourth-order valence-electron chi connectivity index (χ4n) is 1.51. The number of pyridine rings is 1. The summed E-state index contributed by atoms with van der Waals surface area (Å²) in [4.78, 5) is 14.9. The summed E-state index contributed by atoms with van der Waals surface area (Å²) in [7, 11) is 0. The third-order valence-corrected chi connectivity index (χ3v) is 2.28. The highest BCUT2D eigenvalue weighted by Gasteiger charge is 2.37. The van der Waals surface area contributed by atoms with Crippen molar-refractivity contribution in [2.24, 2.45) is 5.73 Å². The van der Waals surface area contributed by atoms with Gasteiger partial charge < -0.3 is 15.2 Å². The summed E-state index contributed by atoms with van der Waals surface area (Å²) in [5.74, 6) is -2.69. The number of halogens is 5. The van der Waals surface area contributed by atoms with E-state index in [1.807, 2.05) is 0 Å². The van der Waals surface area contributed by atoms with Gasteiger partial charge in [0.05, 0.1) is 12.2 Å². The quantitative estimate of drug-likeness (QED) is 0.668. The Labute approximate surface area is 115 Å². The molecule has 10 heteroatoms. The van der Waals surface area contributed by atoms with Crippen molar-refractivity contribution in [1.29, 1.82) is 0 Å². The van der Waals surface area contributed by atoms with E-state index in [2.05, 4.69) is 14.5 Å². The van der Waals surface area contributed by atoms with E-state index in [1.54, 1.807) is 0 Å². The molecule has 0 unspecified atom stereocenters. The SMILES string of the molecule is CCOC(=O)c1ncc(CN)c(C(F)F)c1OC(F)(F)F. The minimum absolute atomic E-state index is 0.172. The maximum Gasteiger partial charge on any atom is 0.573 e. The zero-order valence-corrected chi connectivity index (χ0v) is 10.7. The first kappa shape index (κ1) is 17.1. The van der Waals surface area contributed by atoms with Gasteiger partial charge in [0.2, 0.25) is 0 Å². The number of carbonyl (C=O) groups excluding carboxylic acids is 1. The molecule has 5 nitrogen and oxygen atoms in total. The van der Waals surface area contributed by atoms with Crippen molar-refractivity contribution < 1.29 is 36.2 Å². The molecule has 0 saturated heterocycles. The predicted molar refractivity (Wildman–Crippen MR) is 59.7 cm³/mol. The van der Waals surface area contributed by atoms with Crippen molar-refractivity contribution in [2.75, 3.05) is 6.61 Å². The lowest BCUT2D eigenvalue weighted by molar-refractivity contribution is -0.275. The van der Waals surface area contributed by atoms with Gasteiger partial charge in [0, 0.05) is 12.7 Å². The highest BCUT2D eigenvalue weighted by atomic mass is 19.4. The smallest absolute Gasteiger partial charge is 0.461 e. The molecule has 1 heterocycles. The van der Waals surface area contributed by atoms with E-state index in [0.29, 0.717) is 0 Å². The van der Waals surface area contributed by atoms with E-state index < -0.39 is 42.3 Å². The molecule has 0 saturated carbocycles. The Morgan fingerprint density at radius 1 is 1.43 bits per heavy atom. The first-order chi connectivity index (χ1) is 9.71. The van der Waals surface area contributed by atoms with Crippen molar-refractivity contribution in [2.45, 2.75) is 26.3 Å². The molecule has 0 radical (unpaired) electrons. The molecular weight excluding hydrogens is 303 g/mol. The molecule has 0 bridgehead atoms. The third kappa shape index (κ3) is 4.25. The number of aromatic nitrogens is 1. The monoisotopic (exact) mass is 314 g/mol. The van der Waals surface area contributed by atoms with E-state index in [4.69, 9.17) is 5.73 Å². The Morgan fingerprint density at radius 3 is 2.48 bits per heavy atom. The van der Waals surface area contributed by atoms with Crippen molar-refractivity contribution >= 4 is 5.97 Å². The maximum atomic E-state index is 13.0. The number of nitrogens with zero attached hydrogens (tertiary/aromatic N) is 1. The molecule has 0 aliphatic carbocycles. The molecule has 1 aromatic heterocycles. The Morgan fingerprint density at radius 2 is 2.05 bits per heavy atom. The minimum Gasteiger partial charge on any atom is -0.461 e. The topological polar surface area (TPSA) is 74.4 Å². The first-order valence-electron chi connectivity index (χ1n) is 5.64. The third-order valence-electron chi connectivity index (χ3n) is 2.28. The van der Waals surface area contributed by atoms with Crippen LogP contribution in [0.4, 0.5) is 22.0 Å². The van der Waals surface area contributed by atoms with Gasteiger partial charge in [-0.3, -0.25) is 0 Å². The number of esters is 1. The molecule has 21 heavy (non-hydrogen) atoms. The van der Waals surface area contributed by atoms with Crippen LogP contribution in [0.25, 0.3) is 0 Å². The minimum atomic E-state index is -5.28. The lowest BCUT2D eigenvalue weighted by Crippen LogP contribution is -2.23. The first-order valence-corrected chi connectivity index (χ1v) is 5.64. The van der Waals surface area contributed by atoms with E-state index in [1.165, 1.54) is 6.92 Å². The van der Waals surface area contributed by atoms with E-state index >= 15 is 0 Å². The highest BCUT2D eigenvalue weighted by molar-refractivity contribution is 5.91. The van der Waals surface area contributed by atoms with Gasteiger partial charge in [-0.15, -0.1) is 13.2 Å². The van der Waals surface area contributed by atoms with Crippen molar-refractivity contribution in [3.8, 4) is 5.75 Å². The van der Waals surface area contributed by atoms with Crippen molar-refractivity contribution in [3.63, 3.8) is 0 Å². The van der Waals surface area contributed by atoms with Crippen LogP contribution in [0, 0.1) is 0 Å². The second-order valence-corrected chi connectivity index (χ2v) is 3.65. The molecule has 1 aromatic rings. The van der Waals surface area contributed by atoms with Crippen LogP contribution in [-0.2, 0) is 11.3 Å². The molecule has 0 aliphatic rings. The van der Waals surface area contributed by atoms with Gasteiger partial charge in [-0.25, -0.2) is 18.6 Å². The average Bonchev–Trinajstić information content (AvgIpc) is 2.35. The van der Waals surface area contributed by atoms with Crippen LogP contribution < -0.4 is 10.5 Å². The molecule has 2 N–H and O–H groups in total. The van der Waals surface area contributed by atoms with E-state index in [-0.39, 0.29) is 12.2 Å². The lowest BCUT2D eigenvalue weighted by Gasteiger charge is -2.17. The van der Waals surface area contributed by atoms with Gasteiger partial charge in [0.15, 0.2) is 11.4 Å². The van der Waals surface area contributed by atoms with Crippen molar-refractivity contribution in [3.05, 3.63) is 23.0 Å². The zero-order valence-electron chi connectivity index (χ0n) is 10.7. The highest BCUT2D eigenvalue weighted by Crippen LogP contribution is 2.37. The predicted octanol–water partition coefficient (Wildman–Crippen LogP) is 2.55. The van der Waals surface area contributed by atoms with E-state index in [0.717, 1.165) is 6.20 Å². The fourth-order valence-corrected chi connectivity index (χ4v) is 1.51. The van der Waals surface area contributed by atoms with Crippen LogP contribution in [0.2, 0.25) is 0 Å². The van der Waals surface area contributed by atoms with Gasteiger partial charge in [-0.05, 0) is 12.5 Å². The zero-order chi connectivity index (χ0) is 16.2. The Bertz CT molecular complexity index is 519. The standard InChI is InChI=1S/C11H11F5N2O3/c1-2-20-10(19)7-8(21-11(14,15)16)6(9(12)13)5(3-17)4-18-7/h4,9H,2-3,17H2,1H3. The Balaban J connectivity index is 3.50. The fraction of sp³-hybridized carbons (Fsp3) is 0.455. The maximum absolute atomic E-state index is 13.0. The summed E-state index contributed by atoms with van der Waals surface area (Å²) in [6, 6.07) is 0. The number of carbonyl (C=O) groups is 1. The molecular formula is C11H11F5N2O3. The van der Waals surface area contributed by atoms with Crippen LogP contribution in [0.5, 0.6) is 5.75 Å². The largest absolute Gasteiger partial charge is 0.573 e. The summed E-state index contributed by atoms with van der Waals surface area (Å²) in [5, 5.41) is 0. The van der Waals surface area contributed by atoms with Crippen LogP contribution in [0.1, 0.15) is 35.0 Å². The van der Waals surface area contributed by atoms with Gasteiger partial charge in [-0.2, -0.15) is 0 Å². The molecule has 0 fully saturated rings. The summed E-state index contributed by atoms with van der Waals surface area (Å²) < 4.78 is 71.1. The Kier molecular flexibility index (Phi) is 5.41. The molecule has 0 aliphatic heterocycles. The number of alkyl halides is 5. The molecule has 0 spiro atoms. The summed E-state index contributed by atoms with van der Waals surface area (Å²) >= 11 is 0. The molecule has 0 amide bonds. The number of hydrogen-bond donors (Lipinski definition) is 1. The molecule has 1 rings (SSSR count). The molecule has 118 valence electrons. The number of ether oxygens (including phenoxy) is 2. The van der Waals surface area contributed by atoms with Gasteiger partial charge in [-0.1, -0.05) is 0 Å². The molecule has 0 atom stereocenters.